The third-order valence-electron chi connectivity index (χ3n) is 4.42. The van der Waals surface area contributed by atoms with Gasteiger partial charge in [0.1, 0.15) is 11.5 Å². The van der Waals surface area contributed by atoms with Crippen molar-refractivity contribution in [3.05, 3.63) is 90.0 Å². The van der Waals surface area contributed by atoms with Crippen LogP contribution in [0.2, 0.25) is 0 Å². The van der Waals surface area contributed by atoms with Gasteiger partial charge in [0.15, 0.2) is 12.0 Å². The normalized spacial score (nSPS) is 15.1. The monoisotopic (exact) mass is 384 g/mol. The van der Waals surface area contributed by atoms with E-state index in [-0.39, 0.29) is 12.1 Å². The fourth-order valence-corrected chi connectivity index (χ4v) is 2.82. The minimum absolute atomic E-state index is 0.0955. The van der Waals surface area contributed by atoms with E-state index in [2.05, 4.69) is 20.5 Å². The number of amides is 1. The molecule has 0 bridgehead atoms. The molecule has 144 valence electrons. The van der Waals surface area contributed by atoms with Gasteiger partial charge in [-0.2, -0.15) is 5.11 Å². The zero-order valence-electron chi connectivity index (χ0n) is 15.9. The molecule has 0 saturated carbocycles. The first-order valence-electron chi connectivity index (χ1n) is 9.44. The summed E-state index contributed by atoms with van der Waals surface area (Å²) in [7, 11) is 0. The summed E-state index contributed by atoms with van der Waals surface area (Å²) < 4.78 is 5.76. The van der Waals surface area contributed by atoms with Crippen molar-refractivity contribution >= 4 is 17.4 Å². The molecular weight excluding hydrogens is 364 g/mol. The van der Waals surface area contributed by atoms with E-state index in [0.29, 0.717) is 22.8 Å². The van der Waals surface area contributed by atoms with Crippen molar-refractivity contribution in [1.82, 2.24) is 0 Å². The van der Waals surface area contributed by atoms with Crippen molar-refractivity contribution in [2.24, 2.45) is 15.2 Å². The van der Waals surface area contributed by atoms with Crippen LogP contribution in [-0.4, -0.2) is 17.9 Å². The molecule has 1 atom stereocenters. The molecule has 0 spiro atoms. The smallest absolute Gasteiger partial charge is 0.255 e. The lowest BCUT2D eigenvalue weighted by atomic mass is 10.1. The highest BCUT2D eigenvalue weighted by molar-refractivity contribution is 6.05. The molecule has 3 aromatic carbocycles. The number of azo groups is 1. The number of carbonyl (C=O) groups excluding carboxylic acids is 1. The summed E-state index contributed by atoms with van der Waals surface area (Å²) in [4.78, 5) is 16.9. The number of hydrogen-bond acceptors (Lipinski definition) is 5. The van der Waals surface area contributed by atoms with Crippen LogP contribution in [0.5, 0.6) is 11.5 Å². The number of benzene rings is 3. The molecule has 0 saturated heterocycles. The Labute approximate surface area is 169 Å². The molecule has 29 heavy (non-hydrogen) atoms. The Morgan fingerprint density at radius 3 is 2.28 bits per heavy atom. The van der Waals surface area contributed by atoms with Crippen LogP contribution in [0.1, 0.15) is 29.3 Å². The van der Waals surface area contributed by atoms with Crippen molar-refractivity contribution in [2.45, 2.75) is 19.5 Å². The van der Waals surface area contributed by atoms with Crippen LogP contribution in [0.4, 0.5) is 5.69 Å². The van der Waals surface area contributed by atoms with Crippen LogP contribution in [0.25, 0.3) is 0 Å². The number of aliphatic imine (C=N–C) groups is 1. The van der Waals surface area contributed by atoms with Gasteiger partial charge in [-0.1, -0.05) is 37.3 Å². The maximum absolute atomic E-state index is 12.5. The molecule has 1 heterocycles. The molecule has 1 unspecified atom stereocenters. The van der Waals surface area contributed by atoms with E-state index in [1.165, 1.54) is 0 Å². The molecule has 1 N–H and O–H groups in total. The molecule has 6 heteroatoms. The second-order valence-electron chi connectivity index (χ2n) is 6.53. The average molecular weight is 384 g/mol. The summed E-state index contributed by atoms with van der Waals surface area (Å²) in [6.07, 6.45) is 0.727. The Morgan fingerprint density at radius 1 is 0.931 bits per heavy atom. The van der Waals surface area contributed by atoms with Gasteiger partial charge in [-0.15, -0.1) is 5.11 Å². The molecule has 1 aliphatic heterocycles. The molecule has 0 radical (unpaired) electrons. The first-order chi connectivity index (χ1) is 14.2. The average Bonchev–Trinajstić information content (AvgIpc) is 3.25. The van der Waals surface area contributed by atoms with Crippen LogP contribution < -0.4 is 10.1 Å². The van der Waals surface area contributed by atoms with Crippen molar-refractivity contribution < 1.29 is 9.53 Å². The third-order valence-corrected chi connectivity index (χ3v) is 4.42. The van der Waals surface area contributed by atoms with Crippen LogP contribution in [0, 0.1) is 0 Å². The SMILES string of the molecule is CCC1N=NC(c2ccc(C(=O)Nc3ccc(Oc4ccccc4)cc3)cc2)=N1. The van der Waals surface area contributed by atoms with Gasteiger partial charge < -0.3 is 10.1 Å². The molecule has 0 aliphatic carbocycles. The molecule has 0 fully saturated rings. The molecule has 1 aliphatic rings. The molecule has 4 rings (SSSR count). The highest BCUT2D eigenvalue weighted by atomic mass is 16.5. The van der Waals surface area contributed by atoms with Gasteiger partial charge in [0, 0.05) is 16.8 Å². The minimum atomic E-state index is -0.185. The van der Waals surface area contributed by atoms with E-state index in [1.54, 1.807) is 12.1 Å². The van der Waals surface area contributed by atoms with Gasteiger partial charge in [-0.3, -0.25) is 4.79 Å². The van der Waals surface area contributed by atoms with Gasteiger partial charge in [-0.05, 0) is 55.0 Å². The van der Waals surface area contributed by atoms with E-state index in [1.807, 2.05) is 73.7 Å². The van der Waals surface area contributed by atoms with Crippen LogP contribution >= 0.6 is 0 Å². The molecule has 6 nitrogen and oxygen atoms in total. The second kappa shape index (κ2) is 8.48. The maximum atomic E-state index is 12.5. The topological polar surface area (TPSA) is 75.4 Å². The summed E-state index contributed by atoms with van der Waals surface area (Å²) in [5.41, 5.74) is 2.10. The number of carbonyl (C=O) groups is 1. The Hall–Kier alpha value is -3.80. The quantitative estimate of drug-likeness (QED) is 0.594. The molecule has 0 aromatic heterocycles. The van der Waals surface area contributed by atoms with Crippen molar-refractivity contribution in [3.8, 4) is 11.5 Å². The van der Waals surface area contributed by atoms with Gasteiger partial charge >= 0.3 is 0 Å². The summed E-state index contributed by atoms with van der Waals surface area (Å²) in [6.45, 7) is 2.02. The first kappa shape index (κ1) is 18.6. The van der Waals surface area contributed by atoms with Crippen LogP contribution in [0.3, 0.4) is 0 Å². The second-order valence-corrected chi connectivity index (χ2v) is 6.53. The van der Waals surface area contributed by atoms with E-state index < -0.39 is 0 Å². The number of para-hydroxylation sites is 1. The number of nitrogens with one attached hydrogen (secondary N) is 1. The lowest BCUT2D eigenvalue weighted by Crippen LogP contribution is -2.12. The van der Waals surface area contributed by atoms with E-state index in [0.717, 1.165) is 17.7 Å². The Bertz CT molecular complexity index is 1040. The lowest BCUT2D eigenvalue weighted by molar-refractivity contribution is 0.102. The predicted molar refractivity (Wildman–Crippen MR) is 113 cm³/mol. The first-order valence-corrected chi connectivity index (χ1v) is 9.44. The summed E-state index contributed by atoms with van der Waals surface area (Å²) in [6, 6.07) is 24.0. The number of nitrogens with zero attached hydrogens (tertiary/aromatic N) is 3. The summed E-state index contributed by atoms with van der Waals surface area (Å²) >= 11 is 0. The third kappa shape index (κ3) is 4.55. The van der Waals surface area contributed by atoms with Gasteiger partial charge in [0.2, 0.25) is 0 Å². The Kier molecular flexibility index (Phi) is 5.42. The van der Waals surface area contributed by atoms with Gasteiger partial charge in [-0.25, -0.2) is 4.99 Å². The summed E-state index contributed by atoms with van der Waals surface area (Å²) in [5, 5.41) is 11.1. The zero-order chi connectivity index (χ0) is 20.1. The van der Waals surface area contributed by atoms with Crippen LogP contribution in [-0.2, 0) is 0 Å². The van der Waals surface area contributed by atoms with Gasteiger partial charge in [0.25, 0.3) is 5.91 Å². The fraction of sp³-hybridized carbons (Fsp3) is 0.130. The maximum Gasteiger partial charge on any atom is 0.255 e. The Balaban J connectivity index is 1.38. The molecule has 3 aromatic rings. The van der Waals surface area contributed by atoms with Crippen LogP contribution in [0.15, 0.2) is 94.1 Å². The molecular formula is C23H20N4O2. The fourth-order valence-electron chi connectivity index (χ4n) is 2.82. The number of rotatable bonds is 6. The number of ether oxygens (including phenoxy) is 1. The van der Waals surface area contributed by atoms with Crippen molar-refractivity contribution in [1.29, 1.82) is 0 Å². The highest BCUT2D eigenvalue weighted by Gasteiger charge is 2.14. The lowest BCUT2D eigenvalue weighted by Gasteiger charge is -2.08. The highest BCUT2D eigenvalue weighted by Crippen LogP contribution is 2.23. The number of hydrogen-bond donors (Lipinski definition) is 1. The number of amidine groups is 1. The largest absolute Gasteiger partial charge is 0.457 e. The predicted octanol–water partition coefficient (Wildman–Crippen LogP) is 5.68. The van der Waals surface area contributed by atoms with E-state index >= 15 is 0 Å². The standard InChI is InChI=1S/C23H20N4O2/c1-2-21-25-22(27-26-21)16-8-10-17(11-9-16)23(28)24-18-12-14-20(15-13-18)29-19-6-4-3-5-7-19/h3-15,21H,2H2,1H3,(H,24,28). The molecule has 1 amide bonds. The van der Waals surface area contributed by atoms with Gasteiger partial charge in [0.05, 0.1) is 0 Å². The Morgan fingerprint density at radius 2 is 1.62 bits per heavy atom. The van der Waals surface area contributed by atoms with E-state index in [4.69, 9.17) is 4.74 Å². The van der Waals surface area contributed by atoms with Crippen molar-refractivity contribution in [3.63, 3.8) is 0 Å². The van der Waals surface area contributed by atoms with E-state index in [9.17, 15) is 4.79 Å². The van der Waals surface area contributed by atoms with Crippen molar-refractivity contribution in [2.75, 3.05) is 5.32 Å². The minimum Gasteiger partial charge on any atom is -0.457 e. The zero-order valence-corrected chi connectivity index (χ0v) is 15.9. The number of anilines is 1. The summed E-state index contributed by atoms with van der Waals surface area (Å²) in [5.74, 6) is 1.89.